The van der Waals surface area contributed by atoms with E-state index >= 15 is 0 Å². The van der Waals surface area contributed by atoms with Crippen LogP contribution in [0.4, 0.5) is 17.5 Å². The zero-order valence-corrected chi connectivity index (χ0v) is 16.6. The van der Waals surface area contributed by atoms with Gasteiger partial charge in [0.15, 0.2) is 17.3 Å². The van der Waals surface area contributed by atoms with Crippen molar-refractivity contribution in [2.24, 2.45) is 0 Å². The molecule has 1 amide bonds. The van der Waals surface area contributed by atoms with E-state index in [4.69, 9.17) is 4.52 Å². The second-order valence-electron chi connectivity index (χ2n) is 7.54. The molecule has 1 aliphatic carbocycles. The molecule has 0 saturated carbocycles. The van der Waals surface area contributed by atoms with Gasteiger partial charge in [-0.25, -0.2) is 4.98 Å². The summed E-state index contributed by atoms with van der Waals surface area (Å²) in [6.07, 6.45) is 5.68. The van der Waals surface area contributed by atoms with E-state index in [-0.39, 0.29) is 5.91 Å². The van der Waals surface area contributed by atoms with E-state index in [1.807, 2.05) is 35.2 Å². The lowest BCUT2D eigenvalue weighted by Crippen LogP contribution is -2.49. The summed E-state index contributed by atoms with van der Waals surface area (Å²) >= 11 is 0. The summed E-state index contributed by atoms with van der Waals surface area (Å²) in [5.74, 6) is 3.02. The first-order valence-corrected chi connectivity index (χ1v) is 10.3. The quantitative estimate of drug-likeness (QED) is 0.706. The van der Waals surface area contributed by atoms with Crippen molar-refractivity contribution in [3.05, 3.63) is 53.5 Å². The Morgan fingerprint density at radius 2 is 1.83 bits per heavy atom. The molecular weight excluding hydrogens is 382 g/mol. The molecule has 1 aliphatic heterocycles. The lowest BCUT2D eigenvalue weighted by Gasteiger charge is -2.35. The number of aryl methyl sites for hydroxylation is 1. The number of aromatic nitrogens is 4. The number of nitrogens with one attached hydrogen (secondary N) is 1. The molecule has 4 heterocycles. The lowest BCUT2D eigenvalue weighted by atomic mass is 9.96. The summed E-state index contributed by atoms with van der Waals surface area (Å²) in [7, 11) is 0. The number of piperazine rings is 1. The summed E-state index contributed by atoms with van der Waals surface area (Å²) < 4.78 is 5.41. The van der Waals surface area contributed by atoms with Crippen LogP contribution in [0.15, 0.2) is 41.1 Å². The Morgan fingerprint density at radius 3 is 2.60 bits per heavy atom. The minimum absolute atomic E-state index is 0.0254. The fourth-order valence-electron chi connectivity index (χ4n) is 3.97. The van der Waals surface area contributed by atoms with Gasteiger partial charge in [-0.2, -0.15) is 0 Å². The maximum absolute atomic E-state index is 12.9. The molecule has 1 fully saturated rings. The molecule has 30 heavy (non-hydrogen) atoms. The Hall–Kier alpha value is -3.49. The highest BCUT2D eigenvalue weighted by molar-refractivity contribution is 5.94. The molecule has 3 aromatic rings. The number of carbonyl (C=O) groups is 1. The van der Waals surface area contributed by atoms with Crippen LogP contribution in [0, 0.1) is 0 Å². The maximum atomic E-state index is 12.9. The SMILES string of the molecule is O=C(c1noc2c1CCCC2)N1CCN(c2ccc(Nc3ccccn3)nn2)CC1. The largest absolute Gasteiger partial charge is 0.360 e. The molecule has 1 N–H and O–H groups in total. The van der Waals surface area contributed by atoms with Gasteiger partial charge in [0.25, 0.3) is 5.91 Å². The first-order chi connectivity index (χ1) is 14.8. The van der Waals surface area contributed by atoms with Gasteiger partial charge in [-0.3, -0.25) is 4.79 Å². The zero-order chi connectivity index (χ0) is 20.3. The highest BCUT2D eigenvalue weighted by Gasteiger charge is 2.29. The molecular formula is C21H23N7O2. The number of hydrogen-bond acceptors (Lipinski definition) is 8. The Morgan fingerprint density at radius 1 is 0.967 bits per heavy atom. The number of nitrogens with zero attached hydrogens (tertiary/aromatic N) is 6. The van der Waals surface area contributed by atoms with Gasteiger partial charge in [-0.1, -0.05) is 11.2 Å². The average Bonchev–Trinajstić information content (AvgIpc) is 3.24. The third-order valence-electron chi connectivity index (χ3n) is 5.62. The van der Waals surface area contributed by atoms with Crippen molar-refractivity contribution in [1.29, 1.82) is 0 Å². The summed E-state index contributed by atoms with van der Waals surface area (Å²) in [5, 5.41) is 15.8. The van der Waals surface area contributed by atoms with Crippen molar-refractivity contribution in [1.82, 2.24) is 25.2 Å². The first kappa shape index (κ1) is 18.5. The predicted molar refractivity (Wildman–Crippen MR) is 111 cm³/mol. The van der Waals surface area contributed by atoms with E-state index in [0.717, 1.165) is 48.6 Å². The van der Waals surface area contributed by atoms with E-state index in [2.05, 4.69) is 30.6 Å². The van der Waals surface area contributed by atoms with E-state index in [0.29, 0.717) is 37.7 Å². The molecule has 2 aliphatic rings. The highest BCUT2D eigenvalue weighted by atomic mass is 16.5. The summed E-state index contributed by atoms with van der Waals surface area (Å²) in [4.78, 5) is 21.2. The van der Waals surface area contributed by atoms with Crippen LogP contribution in [-0.2, 0) is 12.8 Å². The van der Waals surface area contributed by atoms with Crippen molar-refractivity contribution in [3.8, 4) is 0 Å². The van der Waals surface area contributed by atoms with E-state index < -0.39 is 0 Å². The monoisotopic (exact) mass is 405 g/mol. The minimum Gasteiger partial charge on any atom is -0.360 e. The molecule has 0 atom stereocenters. The average molecular weight is 405 g/mol. The van der Waals surface area contributed by atoms with Crippen LogP contribution in [0.25, 0.3) is 0 Å². The first-order valence-electron chi connectivity index (χ1n) is 10.3. The normalized spacial score (nSPS) is 16.3. The van der Waals surface area contributed by atoms with Crippen LogP contribution >= 0.6 is 0 Å². The van der Waals surface area contributed by atoms with Gasteiger partial charge in [-0.15, -0.1) is 10.2 Å². The molecule has 0 radical (unpaired) electrons. The third kappa shape index (κ3) is 3.70. The second kappa shape index (κ2) is 8.10. The van der Waals surface area contributed by atoms with Gasteiger partial charge in [0.05, 0.1) is 0 Å². The van der Waals surface area contributed by atoms with Crippen molar-refractivity contribution < 1.29 is 9.32 Å². The smallest absolute Gasteiger partial charge is 0.276 e. The fourth-order valence-corrected chi connectivity index (χ4v) is 3.97. The Bertz CT molecular complexity index is 1010. The Kier molecular flexibility index (Phi) is 5.00. The summed E-state index contributed by atoms with van der Waals surface area (Å²) in [6, 6.07) is 9.46. The van der Waals surface area contributed by atoms with Crippen LogP contribution < -0.4 is 10.2 Å². The standard InChI is InChI=1S/C21H23N7O2/c29-21(20-15-5-1-2-6-16(15)30-26-20)28-13-11-27(12-14-28)19-9-8-18(24-25-19)23-17-7-3-4-10-22-17/h3-4,7-10H,1-2,5-6,11-14H2,(H,22,23,24). The number of amides is 1. The zero-order valence-electron chi connectivity index (χ0n) is 16.6. The van der Waals surface area contributed by atoms with Crippen LogP contribution in [0.5, 0.6) is 0 Å². The van der Waals surface area contributed by atoms with Crippen LogP contribution in [0.1, 0.15) is 34.7 Å². The molecule has 154 valence electrons. The predicted octanol–water partition coefficient (Wildman–Crippen LogP) is 2.44. The number of anilines is 3. The van der Waals surface area contributed by atoms with Gasteiger partial charge in [0, 0.05) is 44.4 Å². The molecule has 0 spiro atoms. The van der Waals surface area contributed by atoms with Crippen LogP contribution in [0.2, 0.25) is 0 Å². The van der Waals surface area contributed by atoms with Gasteiger partial charge < -0.3 is 19.6 Å². The van der Waals surface area contributed by atoms with Crippen molar-refractivity contribution >= 4 is 23.4 Å². The van der Waals surface area contributed by atoms with Gasteiger partial charge in [0.1, 0.15) is 11.6 Å². The van der Waals surface area contributed by atoms with E-state index in [9.17, 15) is 4.79 Å². The molecule has 0 aromatic carbocycles. The number of rotatable bonds is 4. The molecule has 0 bridgehead atoms. The minimum atomic E-state index is -0.0254. The molecule has 3 aromatic heterocycles. The van der Waals surface area contributed by atoms with Crippen molar-refractivity contribution in [3.63, 3.8) is 0 Å². The number of carbonyl (C=O) groups excluding carboxylic acids is 1. The van der Waals surface area contributed by atoms with Crippen LogP contribution in [0.3, 0.4) is 0 Å². The number of pyridine rings is 1. The third-order valence-corrected chi connectivity index (χ3v) is 5.62. The molecule has 5 rings (SSSR count). The maximum Gasteiger partial charge on any atom is 0.276 e. The van der Waals surface area contributed by atoms with Gasteiger partial charge >= 0.3 is 0 Å². The van der Waals surface area contributed by atoms with E-state index in [1.165, 1.54) is 0 Å². The summed E-state index contributed by atoms with van der Waals surface area (Å²) in [6.45, 7) is 2.65. The fraction of sp³-hybridized carbons (Fsp3) is 0.381. The number of hydrogen-bond donors (Lipinski definition) is 1. The van der Waals surface area contributed by atoms with Gasteiger partial charge in [-0.05, 0) is 43.5 Å². The Labute approximate surface area is 174 Å². The second-order valence-corrected chi connectivity index (χ2v) is 7.54. The van der Waals surface area contributed by atoms with E-state index in [1.54, 1.807) is 6.20 Å². The topological polar surface area (TPSA) is 100 Å². The Balaban J connectivity index is 1.20. The van der Waals surface area contributed by atoms with Gasteiger partial charge in [0.2, 0.25) is 0 Å². The summed E-state index contributed by atoms with van der Waals surface area (Å²) in [5.41, 5.74) is 1.51. The molecule has 9 heteroatoms. The lowest BCUT2D eigenvalue weighted by molar-refractivity contribution is 0.0735. The van der Waals surface area contributed by atoms with Crippen molar-refractivity contribution in [2.75, 3.05) is 36.4 Å². The van der Waals surface area contributed by atoms with Crippen molar-refractivity contribution in [2.45, 2.75) is 25.7 Å². The molecule has 1 saturated heterocycles. The molecule has 0 unspecified atom stereocenters. The number of fused-ring (bicyclic) bond motifs is 1. The highest BCUT2D eigenvalue weighted by Crippen LogP contribution is 2.25. The molecule has 9 nitrogen and oxygen atoms in total. The van der Waals surface area contributed by atoms with Crippen LogP contribution in [-0.4, -0.2) is 57.3 Å².